The average Bonchev–Trinajstić information content (AvgIpc) is 2.78. The SMILES string of the molecule is COc1ccc(OC2CCCN(CCN(C)C(=O)c3ccc(OC)cc3)C2)cc1. The van der Waals surface area contributed by atoms with E-state index >= 15 is 0 Å². The molecule has 1 fully saturated rings. The number of hydrogen-bond acceptors (Lipinski definition) is 5. The van der Waals surface area contributed by atoms with E-state index in [9.17, 15) is 4.79 Å². The van der Waals surface area contributed by atoms with Gasteiger partial charge in [-0.1, -0.05) is 0 Å². The number of rotatable bonds is 8. The van der Waals surface area contributed by atoms with Crippen molar-refractivity contribution in [2.45, 2.75) is 18.9 Å². The van der Waals surface area contributed by atoms with Crippen LogP contribution < -0.4 is 14.2 Å². The quantitative estimate of drug-likeness (QED) is 0.683. The number of carbonyl (C=O) groups is 1. The molecule has 1 unspecified atom stereocenters. The minimum Gasteiger partial charge on any atom is -0.497 e. The number of nitrogens with zero attached hydrogens (tertiary/aromatic N) is 2. The molecule has 1 aliphatic heterocycles. The van der Waals surface area contributed by atoms with Crippen molar-refractivity contribution in [3.8, 4) is 17.2 Å². The Morgan fingerprint density at radius 2 is 1.59 bits per heavy atom. The van der Waals surface area contributed by atoms with E-state index in [0.29, 0.717) is 12.1 Å². The van der Waals surface area contributed by atoms with Crippen LogP contribution in [0.1, 0.15) is 23.2 Å². The third-order valence-corrected chi connectivity index (χ3v) is 5.26. The number of amides is 1. The molecule has 0 spiro atoms. The van der Waals surface area contributed by atoms with Crippen molar-refractivity contribution in [1.29, 1.82) is 0 Å². The van der Waals surface area contributed by atoms with Gasteiger partial charge in [-0.15, -0.1) is 0 Å². The predicted molar refractivity (Wildman–Crippen MR) is 113 cm³/mol. The molecule has 6 nitrogen and oxygen atoms in total. The zero-order valence-electron chi connectivity index (χ0n) is 17.5. The summed E-state index contributed by atoms with van der Waals surface area (Å²) in [5.74, 6) is 2.47. The van der Waals surface area contributed by atoms with Gasteiger partial charge in [0.2, 0.25) is 0 Å². The van der Waals surface area contributed by atoms with E-state index in [0.717, 1.165) is 49.7 Å². The van der Waals surface area contributed by atoms with Crippen molar-refractivity contribution in [2.24, 2.45) is 0 Å². The summed E-state index contributed by atoms with van der Waals surface area (Å²) >= 11 is 0. The molecule has 6 heteroatoms. The Balaban J connectivity index is 1.47. The maximum atomic E-state index is 12.6. The van der Waals surface area contributed by atoms with E-state index in [4.69, 9.17) is 14.2 Å². The van der Waals surface area contributed by atoms with Crippen LogP contribution in [0, 0.1) is 0 Å². The van der Waals surface area contributed by atoms with E-state index in [1.165, 1.54) is 0 Å². The van der Waals surface area contributed by atoms with Crippen LogP contribution in [0.25, 0.3) is 0 Å². The molecule has 0 aromatic heterocycles. The Bertz CT molecular complexity index is 776. The van der Waals surface area contributed by atoms with E-state index in [-0.39, 0.29) is 12.0 Å². The lowest BCUT2D eigenvalue weighted by molar-refractivity contribution is 0.0691. The second kappa shape index (κ2) is 10.2. The molecule has 0 aliphatic carbocycles. The minimum absolute atomic E-state index is 0.0238. The highest BCUT2D eigenvalue weighted by Gasteiger charge is 2.22. The summed E-state index contributed by atoms with van der Waals surface area (Å²) in [6.07, 6.45) is 2.31. The van der Waals surface area contributed by atoms with Crippen LogP contribution in [0.2, 0.25) is 0 Å². The van der Waals surface area contributed by atoms with Gasteiger partial charge in [0.25, 0.3) is 5.91 Å². The first kappa shape index (κ1) is 21.0. The summed E-state index contributed by atoms with van der Waals surface area (Å²) in [5, 5.41) is 0. The van der Waals surface area contributed by atoms with Gasteiger partial charge < -0.3 is 19.1 Å². The highest BCUT2D eigenvalue weighted by molar-refractivity contribution is 5.94. The molecule has 1 amide bonds. The highest BCUT2D eigenvalue weighted by Crippen LogP contribution is 2.21. The molecule has 29 heavy (non-hydrogen) atoms. The van der Waals surface area contributed by atoms with Crippen LogP contribution in [0.5, 0.6) is 17.2 Å². The van der Waals surface area contributed by atoms with Crippen molar-refractivity contribution in [2.75, 3.05) is 47.4 Å². The Labute approximate surface area is 173 Å². The van der Waals surface area contributed by atoms with Crippen molar-refractivity contribution in [3.05, 3.63) is 54.1 Å². The molecule has 0 bridgehead atoms. The van der Waals surface area contributed by atoms with Crippen LogP contribution in [0.3, 0.4) is 0 Å². The summed E-state index contributed by atoms with van der Waals surface area (Å²) in [7, 11) is 5.13. The van der Waals surface area contributed by atoms with Gasteiger partial charge in [0.05, 0.1) is 14.2 Å². The largest absolute Gasteiger partial charge is 0.497 e. The number of piperidine rings is 1. The van der Waals surface area contributed by atoms with Gasteiger partial charge in [-0.3, -0.25) is 9.69 Å². The Hall–Kier alpha value is -2.73. The average molecular weight is 399 g/mol. The van der Waals surface area contributed by atoms with Gasteiger partial charge in [-0.2, -0.15) is 0 Å². The van der Waals surface area contributed by atoms with Crippen LogP contribution in [0.15, 0.2) is 48.5 Å². The molecule has 1 atom stereocenters. The molecular weight excluding hydrogens is 368 g/mol. The van der Waals surface area contributed by atoms with Crippen molar-refractivity contribution < 1.29 is 19.0 Å². The maximum Gasteiger partial charge on any atom is 0.253 e. The second-order valence-corrected chi connectivity index (χ2v) is 7.31. The molecule has 1 saturated heterocycles. The van der Waals surface area contributed by atoms with Crippen molar-refractivity contribution >= 4 is 5.91 Å². The molecule has 1 heterocycles. The first-order chi connectivity index (χ1) is 14.1. The lowest BCUT2D eigenvalue weighted by atomic mass is 10.1. The predicted octanol–water partition coefficient (Wildman–Crippen LogP) is 3.32. The van der Waals surface area contributed by atoms with E-state index < -0.39 is 0 Å². The zero-order chi connectivity index (χ0) is 20.6. The van der Waals surface area contributed by atoms with Gasteiger partial charge in [0, 0.05) is 32.2 Å². The summed E-state index contributed by atoms with van der Waals surface area (Å²) in [4.78, 5) is 16.8. The Kier molecular flexibility index (Phi) is 7.36. The molecule has 156 valence electrons. The molecule has 0 saturated carbocycles. The monoisotopic (exact) mass is 398 g/mol. The van der Waals surface area contributed by atoms with E-state index in [1.807, 2.05) is 43.4 Å². The fraction of sp³-hybridized carbons (Fsp3) is 0.435. The number of methoxy groups -OCH3 is 2. The van der Waals surface area contributed by atoms with Crippen LogP contribution >= 0.6 is 0 Å². The van der Waals surface area contributed by atoms with Gasteiger partial charge in [0.1, 0.15) is 23.4 Å². The number of likely N-dealkylation sites (tertiary alicyclic amines) is 1. The number of ether oxygens (including phenoxy) is 3. The third kappa shape index (κ3) is 5.87. The van der Waals surface area contributed by atoms with Gasteiger partial charge in [-0.25, -0.2) is 0 Å². The van der Waals surface area contributed by atoms with E-state index in [2.05, 4.69) is 4.90 Å². The van der Waals surface area contributed by atoms with Crippen LogP contribution in [-0.2, 0) is 0 Å². The standard InChI is InChI=1S/C23H30N2O4/c1-24(23(26)18-6-8-19(27-2)9-7-18)15-16-25-14-4-5-22(17-25)29-21-12-10-20(28-3)11-13-21/h6-13,22H,4-5,14-17H2,1-3H3. The smallest absolute Gasteiger partial charge is 0.253 e. The molecule has 1 aliphatic rings. The van der Waals surface area contributed by atoms with Crippen LogP contribution in [-0.4, -0.2) is 69.3 Å². The molecule has 0 N–H and O–H groups in total. The van der Waals surface area contributed by atoms with Crippen molar-refractivity contribution in [1.82, 2.24) is 9.80 Å². The summed E-state index contributed by atoms with van der Waals surface area (Å²) in [5.41, 5.74) is 0.674. The second-order valence-electron chi connectivity index (χ2n) is 7.31. The first-order valence-electron chi connectivity index (χ1n) is 10.0. The first-order valence-corrected chi connectivity index (χ1v) is 10.0. The number of carbonyl (C=O) groups excluding carboxylic acids is 1. The lowest BCUT2D eigenvalue weighted by Gasteiger charge is -2.33. The summed E-state index contributed by atoms with van der Waals surface area (Å²) in [6, 6.07) is 14.9. The van der Waals surface area contributed by atoms with Crippen LogP contribution in [0.4, 0.5) is 0 Å². The number of likely N-dealkylation sites (N-methyl/N-ethyl adjacent to an activating group) is 1. The van der Waals surface area contributed by atoms with Gasteiger partial charge in [0.15, 0.2) is 0 Å². The lowest BCUT2D eigenvalue weighted by Crippen LogP contribution is -2.44. The zero-order valence-corrected chi connectivity index (χ0v) is 17.5. The minimum atomic E-state index is 0.0238. The van der Waals surface area contributed by atoms with Crippen molar-refractivity contribution in [3.63, 3.8) is 0 Å². The summed E-state index contributed by atoms with van der Waals surface area (Å²) in [6.45, 7) is 3.42. The topological polar surface area (TPSA) is 51.2 Å². The molecular formula is C23H30N2O4. The molecule has 2 aromatic carbocycles. The third-order valence-electron chi connectivity index (χ3n) is 5.26. The fourth-order valence-corrected chi connectivity index (χ4v) is 3.51. The van der Waals surface area contributed by atoms with Gasteiger partial charge in [-0.05, 0) is 67.9 Å². The maximum absolute atomic E-state index is 12.6. The molecule has 0 radical (unpaired) electrons. The molecule has 3 rings (SSSR count). The molecule has 2 aromatic rings. The fourth-order valence-electron chi connectivity index (χ4n) is 3.51. The summed E-state index contributed by atoms with van der Waals surface area (Å²) < 4.78 is 16.5. The van der Waals surface area contributed by atoms with E-state index in [1.54, 1.807) is 31.3 Å². The Morgan fingerprint density at radius 1 is 1.00 bits per heavy atom. The number of benzene rings is 2. The number of hydrogen-bond donors (Lipinski definition) is 0. The normalized spacial score (nSPS) is 16.9. The highest BCUT2D eigenvalue weighted by atomic mass is 16.5. The van der Waals surface area contributed by atoms with Gasteiger partial charge >= 0.3 is 0 Å². The Morgan fingerprint density at radius 3 is 2.21 bits per heavy atom.